The van der Waals surface area contributed by atoms with E-state index >= 15 is 0 Å². The van der Waals surface area contributed by atoms with Crippen LogP contribution in [0.25, 0.3) is 10.1 Å². The Balaban J connectivity index is 1.59. The molecule has 0 atom stereocenters. The van der Waals surface area contributed by atoms with Crippen molar-refractivity contribution in [2.75, 3.05) is 12.4 Å². The van der Waals surface area contributed by atoms with E-state index < -0.39 is 0 Å². The second kappa shape index (κ2) is 8.17. The van der Waals surface area contributed by atoms with Gasteiger partial charge in [0.1, 0.15) is 5.82 Å². The quantitative estimate of drug-likeness (QED) is 0.467. The van der Waals surface area contributed by atoms with Gasteiger partial charge in [0.2, 0.25) is 5.78 Å². The van der Waals surface area contributed by atoms with Crippen LogP contribution in [0.1, 0.15) is 31.4 Å². The highest BCUT2D eigenvalue weighted by Crippen LogP contribution is 2.34. The van der Waals surface area contributed by atoms with E-state index in [0.29, 0.717) is 37.6 Å². The lowest BCUT2D eigenvalue weighted by Crippen LogP contribution is -2.13. The summed E-state index contributed by atoms with van der Waals surface area (Å²) in [6.45, 7) is 0.126. The van der Waals surface area contributed by atoms with Crippen molar-refractivity contribution in [3.05, 3.63) is 82.5 Å². The Hall–Kier alpha value is -3.36. The van der Waals surface area contributed by atoms with Gasteiger partial charge in [-0.25, -0.2) is 9.37 Å². The van der Waals surface area contributed by atoms with Crippen LogP contribution in [0.4, 0.5) is 10.1 Å². The summed E-state index contributed by atoms with van der Waals surface area (Å²) in [4.78, 5) is 29.8. The number of imidazole rings is 1. The number of halogens is 1. The normalized spacial score (nSPS) is 11.0. The molecule has 1 amide bonds. The molecule has 0 aliphatic heterocycles. The molecule has 2 aromatic carbocycles. The predicted molar refractivity (Wildman–Crippen MR) is 114 cm³/mol. The molecule has 0 radical (unpaired) electrons. The number of aromatic nitrogens is 2. The van der Waals surface area contributed by atoms with Gasteiger partial charge in [-0.2, -0.15) is 0 Å². The third-order valence-corrected chi connectivity index (χ3v) is 5.88. The average Bonchev–Trinajstić information content (AvgIpc) is 3.33. The number of carbonyl (C=O) groups is 2. The maximum Gasteiger partial charge on any atom is 0.266 e. The fourth-order valence-electron chi connectivity index (χ4n) is 3.24. The minimum Gasteiger partial charge on any atom is -0.380 e. The lowest BCUT2D eigenvalue weighted by molar-refractivity contribution is 0.102. The molecule has 0 spiro atoms. The second-order valence-corrected chi connectivity index (χ2v) is 7.73. The van der Waals surface area contributed by atoms with Crippen LogP contribution in [0, 0.1) is 5.82 Å². The number of hydrogen-bond donors (Lipinski definition) is 1. The summed E-state index contributed by atoms with van der Waals surface area (Å²) < 4.78 is 21.8. The molecule has 2 heterocycles. The standard InChI is InChI=1S/C22H18FN3O3S/c1-26-11-10-24-21(26)19(27)13-6-8-14(9-7-13)25-22(28)20-15(12-29-2)18-16(23)4-3-5-17(18)30-20/h3-11H,12H2,1-2H3,(H,25,28). The number of rotatable bonds is 6. The number of thiophene rings is 1. The van der Waals surface area contributed by atoms with Gasteiger partial charge in [0.15, 0.2) is 5.82 Å². The molecular weight excluding hydrogens is 405 g/mol. The van der Waals surface area contributed by atoms with E-state index in [9.17, 15) is 14.0 Å². The number of benzene rings is 2. The van der Waals surface area contributed by atoms with Crippen LogP contribution in [-0.2, 0) is 18.4 Å². The molecule has 0 aliphatic carbocycles. The lowest BCUT2D eigenvalue weighted by atomic mass is 10.1. The van der Waals surface area contributed by atoms with Crippen molar-refractivity contribution in [3.63, 3.8) is 0 Å². The van der Waals surface area contributed by atoms with E-state index in [4.69, 9.17) is 4.74 Å². The maximum atomic E-state index is 14.3. The Labute approximate surface area is 175 Å². The molecule has 6 nitrogen and oxygen atoms in total. The summed E-state index contributed by atoms with van der Waals surface area (Å²) in [5, 5.41) is 3.22. The fraction of sp³-hybridized carbons (Fsp3) is 0.136. The number of nitrogens with zero attached hydrogens (tertiary/aromatic N) is 2. The van der Waals surface area contributed by atoms with Gasteiger partial charge in [0.25, 0.3) is 5.91 Å². The first-order valence-electron chi connectivity index (χ1n) is 9.12. The van der Waals surface area contributed by atoms with Crippen LogP contribution in [0.2, 0.25) is 0 Å². The van der Waals surface area contributed by atoms with Gasteiger partial charge in [-0.3, -0.25) is 9.59 Å². The molecule has 0 unspecified atom stereocenters. The number of ether oxygens (including phenoxy) is 1. The Morgan fingerprint density at radius 1 is 1.20 bits per heavy atom. The highest BCUT2D eigenvalue weighted by atomic mass is 32.1. The number of anilines is 1. The van der Waals surface area contributed by atoms with Gasteiger partial charge < -0.3 is 14.6 Å². The number of carbonyl (C=O) groups excluding carboxylic acids is 2. The molecule has 4 aromatic rings. The topological polar surface area (TPSA) is 73.2 Å². The van der Waals surface area contributed by atoms with Gasteiger partial charge in [-0.15, -0.1) is 11.3 Å². The number of amides is 1. The van der Waals surface area contributed by atoms with Crippen LogP contribution in [-0.4, -0.2) is 28.4 Å². The number of nitrogens with one attached hydrogen (secondary N) is 1. The summed E-state index contributed by atoms with van der Waals surface area (Å²) in [7, 11) is 3.25. The number of methoxy groups -OCH3 is 1. The number of aryl methyl sites for hydroxylation is 1. The van der Waals surface area contributed by atoms with Crippen LogP contribution in [0.5, 0.6) is 0 Å². The SMILES string of the molecule is COCc1c(C(=O)Nc2ccc(C(=O)c3nccn3C)cc2)sc2cccc(F)c12. The van der Waals surface area contributed by atoms with E-state index in [-0.39, 0.29) is 24.1 Å². The molecule has 0 bridgehead atoms. The molecule has 152 valence electrons. The zero-order valence-corrected chi connectivity index (χ0v) is 17.1. The minimum atomic E-state index is -0.382. The summed E-state index contributed by atoms with van der Waals surface area (Å²) >= 11 is 1.22. The van der Waals surface area contributed by atoms with Crippen molar-refractivity contribution in [1.82, 2.24) is 9.55 Å². The molecule has 4 rings (SSSR count). The Morgan fingerprint density at radius 3 is 2.63 bits per heavy atom. The summed E-state index contributed by atoms with van der Waals surface area (Å²) in [5.41, 5.74) is 1.51. The molecule has 0 aliphatic rings. The average molecular weight is 423 g/mol. The van der Waals surface area contributed by atoms with E-state index in [1.54, 1.807) is 60.4 Å². The molecule has 2 aromatic heterocycles. The summed E-state index contributed by atoms with van der Waals surface area (Å²) in [6, 6.07) is 11.3. The van der Waals surface area contributed by atoms with Gasteiger partial charge in [0.05, 0.1) is 11.5 Å². The number of fused-ring (bicyclic) bond motifs is 1. The molecule has 0 fully saturated rings. The fourth-order valence-corrected chi connectivity index (χ4v) is 4.36. The van der Waals surface area contributed by atoms with Crippen molar-refractivity contribution < 1.29 is 18.7 Å². The van der Waals surface area contributed by atoms with Crippen LogP contribution in [0.3, 0.4) is 0 Å². The van der Waals surface area contributed by atoms with Gasteiger partial charge in [-0.05, 0) is 36.4 Å². The maximum absolute atomic E-state index is 14.3. The van der Waals surface area contributed by atoms with Crippen LogP contribution in [0.15, 0.2) is 54.9 Å². The first kappa shape index (κ1) is 19.9. The highest BCUT2D eigenvalue weighted by molar-refractivity contribution is 7.21. The van der Waals surface area contributed by atoms with Crippen molar-refractivity contribution in [3.8, 4) is 0 Å². The van der Waals surface area contributed by atoms with Crippen molar-refractivity contribution in [1.29, 1.82) is 0 Å². The van der Waals surface area contributed by atoms with Crippen molar-refractivity contribution >= 4 is 38.8 Å². The Bertz CT molecular complexity index is 1240. The first-order valence-corrected chi connectivity index (χ1v) is 9.93. The van der Waals surface area contributed by atoms with E-state index in [1.165, 1.54) is 24.5 Å². The third-order valence-electron chi connectivity index (χ3n) is 4.69. The Morgan fingerprint density at radius 2 is 1.97 bits per heavy atom. The zero-order chi connectivity index (χ0) is 21.3. The molecule has 8 heteroatoms. The van der Waals surface area contributed by atoms with Gasteiger partial charge in [0, 0.05) is 53.5 Å². The third kappa shape index (κ3) is 3.62. The van der Waals surface area contributed by atoms with Gasteiger partial charge >= 0.3 is 0 Å². The largest absolute Gasteiger partial charge is 0.380 e. The lowest BCUT2D eigenvalue weighted by Gasteiger charge is -2.07. The number of hydrogen-bond acceptors (Lipinski definition) is 5. The van der Waals surface area contributed by atoms with Crippen molar-refractivity contribution in [2.24, 2.45) is 7.05 Å². The van der Waals surface area contributed by atoms with E-state index in [2.05, 4.69) is 10.3 Å². The van der Waals surface area contributed by atoms with E-state index in [0.717, 1.165) is 0 Å². The summed E-state index contributed by atoms with van der Waals surface area (Å²) in [6.07, 6.45) is 3.26. The zero-order valence-electron chi connectivity index (χ0n) is 16.3. The first-order chi connectivity index (χ1) is 14.5. The van der Waals surface area contributed by atoms with E-state index in [1.807, 2.05) is 0 Å². The molecular formula is C22H18FN3O3S. The second-order valence-electron chi connectivity index (χ2n) is 6.68. The molecule has 1 N–H and O–H groups in total. The van der Waals surface area contributed by atoms with Crippen LogP contribution < -0.4 is 5.32 Å². The summed E-state index contributed by atoms with van der Waals surface area (Å²) in [5.74, 6) is -0.608. The molecule has 0 saturated heterocycles. The highest BCUT2D eigenvalue weighted by Gasteiger charge is 2.21. The minimum absolute atomic E-state index is 0.126. The monoisotopic (exact) mass is 423 g/mol. The molecule has 30 heavy (non-hydrogen) atoms. The predicted octanol–water partition coefficient (Wildman–Crippen LogP) is 4.40. The Kier molecular flexibility index (Phi) is 5.43. The smallest absolute Gasteiger partial charge is 0.266 e. The van der Waals surface area contributed by atoms with Gasteiger partial charge in [-0.1, -0.05) is 6.07 Å². The van der Waals surface area contributed by atoms with Crippen molar-refractivity contribution in [2.45, 2.75) is 6.61 Å². The molecule has 0 saturated carbocycles. The number of ketones is 1. The van der Waals surface area contributed by atoms with Crippen LogP contribution >= 0.6 is 11.3 Å².